The van der Waals surface area contributed by atoms with Crippen molar-refractivity contribution in [3.8, 4) is 0 Å². The van der Waals surface area contributed by atoms with E-state index < -0.39 is 10.3 Å². The second-order valence-corrected chi connectivity index (χ2v) is 2.56. The average Bonchev–Trinajstić information content (AvgIpc) is 1.90. The van der Waals surface area contributed by atoms with Crippen LogP contribution in [0.1, 0.15) is 6.42 Å². The zero-order chi connectivity index (χ0) is 6.69. The van der Waals surface area contributed by atoms with Gasteiger partial charge in [-0.25, -0.2) is 0 Å². The Morgan fingerprint density at radius 2 is 2.33 bits per heavy atom. The van der Waals surface area contributed by atoms with Crippen molar-refractivity contribution >= 4 is 15.2 Å². The van der Waals surface area contributed by atoms with Crippen LogP contribution in [-0.4, -0.2) is 13.3 Å². The third-order valence-electron chi connectivity index (χ3n) is 0.981. The zero-order valence-corrected chi connectivity index (χ0v) is 5.48. The number of allylic oxidation sites excluding steroid dienone is 4. The van der Waals surface area contributed by atoms with E-state index in [1.54, 1.807) is 18.2 Å². The molecule has 0 aliphatic heterocycles. The Hall–Kier alpha value is -0.830. The standard InChI is InChI=1S/C6H5O2S/c7-9(8)6-4-2-1-3-5-6/h1-3H,4H2. The van der Waals surface area contributed by atoms with E-state index in [1.807, 2.05) is 0 Å². The molecule has 0 saturated heterocycles. The first-order valence-corrected chi connectivity index (χ1v) is 3.58. The molecule has 0 spiro atoms. The van der Waals surface area contributed by atoms with Gasteiger partial charge in [0.1, 0.15) is 0 Å². The summed E-state index contributed by atoms with van der Waals surface area (Å²) >= 11 is 0. The molecule has 0 fully saturated rings. The number of hydrogen-bond donors (Lipinski definition) is 0. The Morgan fingerprint density at radius 1 is 1.56 bits per heavy atom. The van der Waals surface area contributed by atoms with Gasteiger partial charge in [0.25, 0.3) is 0 Å². The van der Waals surface area contributed by atoms with Gasteiger partial charge in [0.2, 0.25) is 10.3 Å². The quantitative estimate of drug-likeness (QED) is 0.456. The van der Waals surface area contributed by atoms with Gasteiger partial charge in [-0.1, -0.05) is 18.2 Å². The summed E-state index contributed by atoms with van der Waals surface area (Å²) in [7, 11) is -2.08. The fourth-order valence-electron chi connectivity index (χ4n) is 0.559. The van der Waals surface area contributed by atoms with Crippen LogP contribution in [0, 0.1) is 6.08 Å². The van der Waals surface area contributed by atoms with Crippen LogP contribution >= 0.6 is 0 Å². The molecule has 0 aromatic heterocycles. The average molecular weight is 141 g/mol. The van der Waals surface area contributed by atoms with Gasteiger partial charge in [-0.2, -0.15) is 8.42 Å². The van der Waals surface area contributed by atoms with E-state index in [9.17, 15) is 8.42 Å². The van der Waals surface area contributed by atoms with Crippen molar-refractivity contribution in [2.24, 2.45) is 0 Å². The molecule has 9 heavy (non-hydrogen) atoms. The lowest BCUT2D eigenvalue weighted by atomic mass is 10.2. The van der Waals surface area contributed by atoms with E-state index >= 15 is 0 Å². The Morgan fingerprint density at radius 3 is 2.67 bits per heavy atom. The molecule has 0 unspecified atom stereocenters. The summed E-state index contributed by atoms with van der Waals surface area (Å²) in [5.41, 5.74) is 0. The van der Waals surface area contributed by atoms with Crippen molar-refractivity contribution in [3.63, 3.8) is 0 Å². The molecular weight excluding hydrogens is 136 g/mol. The summed E-state index contributed by atoms with van der Waals surface area (Å²) in [4.78, 5) is 0.331. The summed E-state index contributed by atoms with van der Waals surface area (Å²) in [5, 5.41) is 0. The Bertz CT molecular complexity index is 272. The fourth-order valence-corrected chi connectivity index (χ4v) is 0.956. The minimum atomic E-state index is -2.08. The van der Waals surface area contributed by atoms with E-state index in [0.717, 1.165) is 0 Å². The van der Waals surface area contributed by atoms with Crippen LogP contribution in [0.3, 0.4) is 0 Å². The minimum absolute atomic E-state index is 0.331. The third-order valence-corrected chi connectivity index (χ3v) is 1.67. The van der Waals surface area contributed by atoms with Crippen molar-refractivity contribution in [1.29, 1.82) is 0 Å². The van der Waals surface area contributed by atoms with Crippen LogP contribution in [0.2, 0.25) is 0 Å². The first-order valence-electron chi connectivity index (χ1n) is 2.50. The molecule has 1 aliphatic carbocycles. The normalized spacial score (nSPS) is 16.2. The Balaban J connectivity index is 3.05. The predicted molar refractivity (Wildman–Crippen MR) is 35.5 cm³/mol. The van der Waals surface area contributed by atoms with E-state index in [0.29, 0.717) is 11.3 Å². The maximum absolute atomic E-state index is 10.2. The molecular formula is C6H5O2S. The molecule has 1 aliphatic rings. The fraction of sp³-hybridized carbons (Fsp3) is 0.167. The van der Waals surface area contributed by atoms with Crippen LogP contribution in [0.5, 0.6) is 0 Å². The molecule has 0 bridgehead atoms. The molecule has 2 nitrogen and oxygen atoms in total. The van der Waals surface area contributed by atoms with Gasteiger partial charge in [-0.05, 0) is 0 Å². The van der Waals surface area contributed by atoms with Crippen LogP contribution in [0.4, 0.5) is 0 Å². The molecule has 0 saturated carbocycles. The van der Waals surface area contributed by atoms with Crippen LogP contribution in [0.15, 0.2) is 18.2 Å². The Kier molecular flexibility index (Phi) is 1.85. The molecule has 0 aromatic rings. The number of hydrogen-bond acceptors (Lipinski definition) is 2. The molecule has 0 atom stereocenters. The SMILES string of the molecule is O=S(=O)=C1[C]=CC=CC1. The second kappa shape index (κ2) is 2.64. The summed E-state index contributed by atoms with van der Waals surface area (Å²) in [6, 6.07) is 0. The second-order valence-electron chi connectivity index (χ2n) is 1.60. The molecule has 0 heterocycles. The van der Waals surface area contributed by atoms with E-state index in [2.05, 4.69) is 6.08 Å². The van der Waals surface area contributed by atoms with Gasteiger partial charge in [0, 0.05) is 12.5 Å². The van der Waals surface area contributed by atoms with Gasteiger partial charge < -0.3 is 0 Å². The summed E-state index contributed by atoms with van der Waals surface area (Å²) in [6.07, 6.45) is 8.23. The van der Waals surface area contributed by atoms with Crippen molar-refractivity contribution in [3.05, 3.63) is 24.3 Å². The van der Waals surface area contributed by atoms with Crippen LogP contribution < -0.4 is 0 Å². The smallest absolute Gasteiger partial charge is 0.184 e. The highest BCUT2D eigenvalue weighted by Crippen LogP contribution is 1.95. The minimum Gasteiger partial charge on any atom is -0.184 e. The lowest BCUT2D eigenvalue weighted by Gasteiger charge is -1.90. The topological polar surface area (TPSA) is 34.1 Å². The largest absolute Gasteiger partial charge is 0.218 e. The molecule has 0 amide bonds. The molecule has 1 radical (unpaired) electrons. The summed E-state index contributed by atoms with van der Waals surface area (Å²) in [5.74, 6) is 0. The third kappa shape index (κ3) is 1.54. The van der Waals surface area contributed by atoms with Crippen molar-refractivity contribution in [2.45, 2.75) is 6.42 Å². The first kappa shape index (κ1) is 6.29. The predicted octanol–water partition coefficient (Wildman–Crippen LogP) is 0.357. The van der Waals surface area contributed by atoms with Gasteiger partial charge in [0.05, 0.1) is 4.86 Å². The first-order chi connectivity index (χ1) is 4.30. The lowest BCUT2D eigenvalue weighted by Crippen LogP contribution is -1.95. The van der Waals surface area contributed by atoms with Crippen molar-refractivity contribution < 1.29 is 8.42 Å². The molecule has 0 N–H and O–H groups in total. The van der Waals surface area contributed by atoms with Crippen LogP contribution in [-0.2, 0) is 10.3 Å². The van der Waals surface area contributed by atoms with Gasteiger partial charge in [-0.3, -0.25) is 0 Å². The molecule has 3 heteroatoms. The summed E-state index contributed by atoms with van der Waals surface area (Å²) < 4.78 is 20.4. The van der Waals surface area contributed by atoms with Crippen LogP contribution in [0.25, 0.3) is 0 Å². The highest BCUT2D eigenvalue weighted by molar-refractivity contribution is 7.73. The monoisotopic (exact) mass is 141 g/mol. The Labute approximate surface area is 55.0 Å². The zero-order valence-electron chi connectivity index (χ0n) is 4.66. The molecule has 1 rings (SSSR count). The molecule has 0 aromatic carbocycles. The van der Waals surface area contributed by atoms with Gasteiger partial charge in [0.15, 0.2) is 0 Å². The number of rotatable bonds is 0. The van der Waals surface area contributed by atoms with Gasteiger partial charge >= 0.3 is 0 Å². The van der Waals surface area contributed by atoms with Gasteiger partial charge in [-0.15, -0.1) is 0 Å². The lowest BCUT2D eigenvalue weighted by molar-refractivity contribution is 0.627. The highest BCUT2D eigenvalue weighted by atomic mass is 32.2. The van der Waals surface area contributed by atoms with E-state index in [1.165, 1.54) is 0 Å². The maximum atomic E-state index is 10.2. The van der Waals surface area contributed by atoms with E-state index in [4.69, 9.17) is 0 Å². The summed E-state index contributed by atoms with van der Waals surface area (Å²) in [6.45, 7) is 0. The maximum Gasteiger partial charge on any atom is 0.218 e. The van der Waals surface area contributed by atoms with Crippen molar-refractivity contribution in [2.75, 3.05) is 0 Å². The van der Waals surface area contributed by atoms with E-state index in [-0.39, 0.29) is 0 Å². The molecule has 47 valence electrons. The van der Waals surface area contributed by atoms with Crippen molar-refractivity contribution in [1.82, 2.24) is 0 Å². The highest BCUT2D eigenvalue weighted by Gasteiger charge is 1.95.